The Morgan fingerprint density at radius 3 is 3.08 bits per heavy atom. The Kier molecular flexibility index (Phi) is 2.28. The van der Waals surface area contributed by atoms with Crippen LogP contribution in [-0.2, 0) is 4.74 Å². The highest BCUT2D eigenvalue weighted by Crippen LogP contribution is 2.26. The molecule has 12 heavy (non-hydrogen) atoms. The average molecular weight is 184 g/mol. The maximum absolute atomic E-state index is 5.18. The summed E-state index contributed by atoms with van der Waals surface area (Å²) in [5.41, 5.74) is 1.14. The molecule has 2 rings (SSSR count). The van der Waals surface area contributed by atoms with Crippen LogP contribution in [0.1, 0.15) is 12.8 Å². The molecule has 0 unspecified atom stereocenters. The maximum Gasteiger partial charge on any atom is 0.0655 e. The highest BCUT2D eigenvalue weighted by Gasteiger charge is 2.28. The predicted molar refractivity (Wildman–Crippen MR) is 49.6 cm³/mol. The number of nitrogens with zero attached hydrogens (tertiary/aromatic N) is 1. The van der Waals surface area contributed by atoms with Gasteiger partial charge in [0.15, 0.2) is 0 Å². The monoisotopic (exact) mass is 184 g/mol. The number of hydrogen-bond acceptors (Lipinski definition) is 4. The van der Waals surface area contributed by atoms with Gasteiger partial charge in [0.2, 0.25) is 0 Å². The number of anilines is 1. The molecule has 0 saturated heterocycles. The van der Waals surface area contributed by atoms with Gasteiger partial charge >= 0.3 is 0 Å². The molecule has 1 aliphatic rings. The molecule has 1 saturated carbocycles. The Labute approximate surface area is 75.9 Å². The molecule has 0 bridgehead atoms. The molecule has 0 amide bonds. The molecule has 0 atom stereocenters. The molecule has 0 spiro atoms. The van der Waals surface area contributed by atoms with Crippen LogP contribution in [0.4, 0.5) is 5.69 Å². The van der Waals surface area contributed by atoms with Crippen LogP contribution in [0.25, 0.3) is 0 Å². The summed E-state index contributed by atoms with van der Waals surface area (Å²) in [7, 11) is 1.77. The van der Waals surface area contributed by atoms with Gasteiger partial charge in [0.1, 0.15) is 0 Å². The number of methoxy groups -OCH3 is 1. The van der Waals surface area contributed by atoms with E-state index in [0.717, 1.165) is 18.5 Å². The molecule has 1 aliphatic carbocycles. The molecule has 0 radical (unpaired) electrons. The molecule has 1 heterocycles. The van der Waals surface area contributed by atoms with Crippen molar-refractivity contribution in [2.24, 2.45) is 0 Å². The molecule has 1 N–H and O–H groups in total. The van der Waals surface area contributed by atoms with E-state index in [1.807, 2.05) is 11.6 Å². The Morgan fingerprint density at radius 1 is 1.67 bits per heavy atom. The van der Waals surface area contributed by atoms with Gasteiger partial charge in [-0.3, -0.25) is 0 Å². The molecule has 66 valence electrons. The van der Waals surface area contributed by atoms with Crippen LogP contribution in [0.2, 0.25) is 0 Å². The highest BCUT2D eigenvalue weighted by atomic mass is 32.1. The van der Waals surface area contributed by atoms with Gasteiger partial charge in [-0.25, -0.2) is 0 Å². The molecular formula is C8H12N2OS. The summed E-state index contributed by atoms with van der Waals surface area (Å²) < 4.78 is 9.20. The first kappa shape index (κ1) is 8.01. The predicted octanol–water partition coefficient (Wildman–Crippen LogP) is 1.73. The SMILES string of the molecule is COC1CC(Nc2cnsc2)C1. The van der Waals surface area contributed by atoms with Crippen LogP contribution in [0.3, 0.4) is 0 Å². The van der Waals surface area contributed by atoms with Crippen LogP contribution in [-0.4, -0.2) is 23.6 Å². The van der Waals surface area contributed by atoms with E-state index in [1.165, 1.54) is 11.5 Å². The third-order valence-electron chi connectivity index (χ3n) is 2.23. The van der Waals surface area contributed by atoms with Gasteiger partial charge in [-0.05, 0) is 24.4 Å². The van der Waals surface area contributed by atoms with E-state index in [9.17, 15) is 0 Å². The van der Waals surface area contributed by atoms with Crippen molar-refractivity contribution in [3.05, 3.63) is 11.6 Å². The molecule has 4 heteroatoms. The van der Waals surface area contributed by atoms with Crippen LogP contribution in [0.15, 0.2) is 11.6 Å². The maximum atomic E-state index is 5.18. The highest BCUT2D eigenvalue weighted by molar-refractivity contribution is 7.04. The van der Waals surface area contributed by atoms with Gasteiger partial charge < -0.3 is 10.1 Å². The number of aromatic nitrogens is 1. The van der Waals surface area contributed by atoms with E-state index in [2.05, 4.69) is 9.69 Å². The smallest absolute Gasteiger partial charge is 0.0655 e. The quantitative estimate of drug-likeness (QED) is 0.776. The number of ether oxygens (including phenoxy) is 1. The summed E-state index contributed by atoms with van der Waals surface area (Å²) in [6, 6.07) is 0.589. The van der Waals surface area contributed by atoms with Gasteiger partial charge in [0.05, 0.1) is 18.0 Å². The van der Waals surface area contributed by atoms with Crippen molar-refractivity contribution in [2.75, 3.05) is 12.4 Å². The first-order valence-corrected chi connectivity index (χ1v) is 4.91. The van der Waals surface area contributed by atoms with Gasteiger partial charge in [0.25, 0.3) is 0 Å². The van der Waals surface area contributed by atoms with Gasteiger partial charge in [0, 0.05) is 18.5 Å². The molecule has 1 fully saturated rings. The molecule has 0 aromatic carbocycles. The first-order valence-electron chi connectivity index (χ1n) is 4.07. The van der Waals surface area contributed by atoms with Gasteiger partial charge in [-0.15, -0.1) is 0 Å². The zero-order valence-corrected chi connectivity index (χ0v) is 7.80. The van der Waals surface area contributed by atoms with E-state index < -0.39 is 0 Å². The summed E-state index contributed by atoms with van der Waals surface area (Å²) >= 11 is 1.48. The molecule has 0 aliphatic heterocycles. The van der Waals surface area contributed by atoms with Crippen molar-refractivity contribution in [3.8, 4) is 0 Å². The zero-order chi connectivity index (χ0) is 8.39. The Morgan fingerprint density at radius 2 is 2.50 bits per heavy atom. The van der Waals surface area contributed by atoms with E-state index in [1.54, 1.807) is 7.11 Å². The lowest BCUT2D eigenvalue weighted by atomic mass is 9.89. The average Bonchev–Trinajstić information content (AvgIpc) is 2.47. The zero-order valence-electron chi connectivity index (χ0n) is 6.99. The van der Waals surface area contributed by atoms with Crippen LogP contribution in [0, 0.1) is 0 Å². The van der Waals surface area contributed by atoms with E-state index in [4.69, 9.17) is 4.74 Å². The normalized spacial score (nSPS) is 28.1. The first-order chi connectivity index (χ1) is 5.88. The lowest BCUT2D eigenvalue weighted by Crippen LogP contribution is -2.40. The minimum absolute atomic E-state index is 0.467. The summed E-state index contributed by atoms with van der Waals surface area (Å²) in [4.78, 5) is 0. The molecule has 1 aromatic rings. The van der Waals surface area contributed by atoms with Crippen LogP contribution >= 0.6 is 11.5 Å². The standard InChI is InChI=1S/C8H12N2OS/c1-11-8-2-6(3-8)10-7-4-9-12-5-7/h4-6,8,10H,2-3H2,1H3. The van der Waals surface area contributed by atoms with Crippen molar-refractivity contribution in [2.45, 2.75) is 25.0 Å². The Hall–Kier alpha value is -0.610. The fraction of sp³-hybridized carbons (Fsp3) is 0.625. The van der Waals surface area contributed by atoms with E-state index >= 15 is 0 Å². The number of rotatable bonds is 3. The largest absolute Gasteiger partial charge is 0.381 e. The molecular weight excluding hydrogens is 172 g/mol. The summed E-state index contributed by atoms with van der Waals surface area (Å²) in [5.74, 6) is 0. The summed E-state index contributed by atoms with van der Waals surface area (Å²) in [6.07, 6.45) is 4.57. The lowest BCUT2D eigenvalue weighted by molar-refractivity contribution is 0.0329. The fourth-order valence-corrected chi connectivity index (χ4v) is 1.87. The van der Waals surface area contributed by atoms with Crippen LogP contribution in [0.5, 0.6) is 0 Å². The second-order valence-electron chi connectivity index (χ2n) is 3.08. The third-order valence-corrected chi connectivity index (χ3v) is 2.82. The third kappa shape index (κ3) is 1.59. The Balaban J connectivity index is 1.77. The van der Waals surface area contributed by atoms with Crippen molar-refractivity contribution < 1.29 is 4.74 Å². The van der Waals surface area contributed by atoms with Gasteiger partial charge in [-0.1, -0.05) is 0 Å². The summed E-state index contributed by atoms with van der Waals surface area (Å²) in [6.45, 7) is 0. The van der Waals surface area contributed by atoms with Gasteiger partial charge in [-0.2, -0.15) is 4.37 Å². The number of nitrogens with one attached hydrogen (secondary N) is 1. The lowest BCUT2D eigenvalue weighted by Gasteiger charge is -2.34. The second-order valence-corrected chi connectivity index (χ2v) is 3.74. The topological polar surface area (TPSA) is 34.1 Å². The molecule has 1 aromatic heterocycles. The van der Waals surface area contributed by atoms with Crippen molar-refractivity contribution in [1.29, 1.82) is 0 Å². The minimum Gasteiger partial charge on any atom is -0.381 e. The van der Waals surface area contributed by atoms with Crippen molar-refractivity contribution in [3.63, 3.8) is 0 Å². The Bertz CT molecular complexity index is 231. The van der Waals surface area contributed by atoms with Crippen molar-refractivity contribution in [1.82, 2.24) is 4.37 Å². The van der Waals surface area contributed by atoms with E-state index in [-0.39, 0.29) is 0 Å². The minimum atomic E-state index is 0.467. The van der Waals surface area contributed by atoms with Crippen LogP contribution < -0.4 is 5.32 Å². The van der Waals surface area contributed by atoms with Crippen molar-refractivity contribution >= 4 is 17.2 Å². The summed E-state index contributed by atoms with van der Waals surface area (Å²) in [5, 5.41) is 5.42. The fourth-order valence-electron chi connectivity index (χ4n) is 1.39. The number of hydrogen-bond donors (Lipinski definition) is 1. The second kappa shape index (κ2) is 3.41. The molecule has 3 nitrogen and oxygen atoms in total. The van der Waals surface area contributed by atoms with E-state index in [0.29, 0.717) is 12.1 Å².